The van der Waals surface area contributed by atoms with Gasteiger partial charge in [-0.05, 0) is 20.6 Å². The first-order valence-corrected chi connectivity index (χ1v) is 7.09. The Balaban J connectivity index is 2.30. The van der Waals surface area contributed by atoms with Crippen LogP contribution in [0.2, 0.25) is 5.02 Å². The molecule has 7 heteroatoms. The van der Waals surface area contributed by atoms with Crippen molar-refractivity contribution >= 4 is 11.6 Å². The predicted molar refractivity (Wildman–Crippen MR) is 79.9 cm³/mol. The second-order valence-corrected chi connectivity index (χ2v) is 5.28. The molecule has 0 aliphatic rings. The van der Waals surface area contributed by atoms with Crippen molar-refractivity contribution in [2.24, 2.45) is 0 Å². The highest BCUT2D eigenvalue weighted by Gasteiger charge is 2.23. The van der Waals surface area contributed by atoms with E-state index in [-0.39, 0.29) is 6.04 Å². The summed E-state index contributed by atoms with van der Waals surface area (Å²) in [6, 6.07) is -0.0767. The summed E-state index contributed by atoms with van der Waals surface area (Å²) in [5.41, 5.74) is 0.949. The number of aromatic amines is 1. The number of halogens is 1. The molecular formula is C13H21ClN6. The SMILES string of the molecule is CCNC(c1ncc[nH]1)c1c(Cl)cnn1CCN(C)C. The van der Waals surface area contributed by atoms with Gasteiger partial charge in [-0.3, -0.25) is 4.68 Å². The number of hydrogen-bond acceptors (Lipinski definition) is 4. The zero-order valence-electron chi connectivity index (χ0n) is 12.1. The van der Waals surface area contributed by atoms with Crippen molar-refractivity contribution in [2.75, 3.05) is 27.2 Å². The average Bonchev–Trinajstić information content (AvgIpc) is 3.04. The number of nitrogens with one attached hydrogen (secondary N) is 2. The molecule has 2 aromatic rings. The molecule has 0 aliphatic heterocycles. The van der Waals surface area contributed by atoms with Gasteiger partial charge < -0.3 is 15.2 Å². The average molecular weight is 297 g/mol. The zero-order chi connectivity index (χ0) is 14.5. The maximum atomic E-state index is 6.33. The van der Waals surface area contributed by atoms with E-state index in [0.29, 0.717) is 5.02 Å². The molecule has 110 valence electrons. The van der Waals surface area contributed by atoms with E-state index in [1.54, 1.807) is 12.4 Å². The van der Waals surface area contributed by atoms with E-state index < -0.39 is 0 Å². The molecule has 0 fully saturated rings. The van der Waals surface area contributed by atoms with Gasteiger partial charge in [-0.1, -0.05) is 18.5 Å². The summed E-state index contributed by atoms with van der Waals surface area (Å²) in [4.78, 5) is 9.61. The number of nitrogens with zero attached hydrogens (tertiary/aromatic N) is 4. The molecular weight excluding hydrogens is 276 g/mol. The van der Waals surface area contributed by atoms with Crippen LogP contribution in [0.5, 0.6) is 0 Å². The summed E-state index contributed by atoms with van der Waals surface area (Å²) in [6.07, 6.45) is 5.25. The molecule has 0 spiro atoms. The Morgan fingerprint density at radius 1 is 1.50 bits per heavy atom. The topological polar surface area (TPSA) is 61.8 Å². The van der Waals surface area contributed by atoms with E-state index >= 15 is 0 Å². The van der Waals surface area contributed by atoms with Crippen molar-refractivity contribution in [1.82, 2.24) is 30.0 Å². The number of likely N-dealkylation sites (N-methyl/N-ethyl adjacent to an activating group) is 1. The summed E-state index contributed by atoms with van der Waals surface area (Å²) in [6.45, 7) is 4.57. The molecule has 0 bridgehead atoms. The van der Waals surface area contributed by atoms with Gasteiger partial charge in [0.05, 0.1) is 23.5 Å². The lowest BCUT2D eigenvalue weighted by atomic mass is 10.2. The van der Waals surface area contributed by atoms with E-state index in [1.165, 1.54) is 0 Å². The monoisotopic (exact) mass is 296 g/mol. The standard InChI is InChI=1S/C13H21ClN6/c1-4-15-11(13-16-5-6-17-13)12-10(14)9-18-20(12)8-7-19(2)3/h5-6,9,11,15H,4,7-8H2,1-3H3,(H,16,17). The molecule has 2 N–H and O–H groups in total. The fourth-order valence-corrected chi connectivity index (χ4v) is 2.34. The quantitative estimate of drug-likeness (QED) is 0.813. The molecule has 0 amide bonds. The zero-order valence-corrected chi connectivity index (χ0v) is 12.9. The summed E-state index contributed by atoms with van der Waals surface area (Å²) in [7, 11) is 4.08. The summed E-state index contributed by atoms with van der Waals surface area (Å²) >= 11 is 6.33. The molecule has 2 rings (SSSR count). The van der Waals surface area contributed by atoms with Crippen LogP contribution in [-0.2, 0) is 6.54 Å². The molecule has 20 heavy (non-hydrogen) atoms. The number of rotatable bonds is 7. The van der Waals surface area contributed by atoms with Gasteiger partial charge in [-0.15, -0.1) is 0 Å². The van der Waals surface area contributed by atoms with Gasteiger partial charge in [0.1, 0.15) is 11.9 Å². The van der Waals surface area contributed by atoms with Crippen molar-refractivity contribution in [3.8, 4) is 0 Å². The molecule has 1 unspecified atom stereocenters. The predicted octanol–water partition coefficient (Wildman–Crippen LogP) is 1.52. The lowest BCUT2D eigenvalue weighted by Gasteiger charge is -2.19. The Kier molecular flexibility index (Phi) is 5.17. The third-order valence-electron chi connectivity index (χ3n) is 3.07. The van der Waals surface area contributed by atoms with E-state index in [4.69, 9.17) is 11.6 Å². The van der Waals surface area contributed by atoms with Gasteiger partial charge in [0.25, 0.3) is 0 Å². The molecule has 2 heterocycles. The fraction of sp³-hybridized carbons (Fsp3) is 0.538. The Morgan fingerprint density at radius 3 is 2.90 bits per heavy atom. The molecule has 0 saturated heterocycles. The molecule has 0 saturated carbocycles. The number of H-pyrrole nitrogens is 1. The van der Waals surface area contributed by atoms with E-state index in [9.17, 15) is 0 Å². The van der Waals surface area contributed by atoms with Crippen molar-refractivity contribution in [3.63, 3.8) is 0 Å². The maximum absolute atomic E-state index is 6.33. The van der Waals surface area contributed by atoms with Crippen molar-refractivity contribution in [2.45, 2.75) is 19.5 Å². The van der Waals surface area contributed by atoms with E-state index in [0.717, 1.165) is 31.2 Å². The Morgan fingerprint density at radius 2 is 2.30 bits per heavy atom. The first-order chi connectivity index (χ1) is 9.63. The molecule has 0 aromatic carbocycles. The van der Waals surface area contributed by atoms with Crippen LogP contribution in [0.15, 0.2) is 18.6 Å². The minimum atomic E-state index is -0.0767. The lowest BCUT2D eigenvalue weighted by molar-refractivity contribution is 0.365. The van der Waals surface area contributed by atoms with E-state index in [1.807, 2.05) is 25.0 Å². The highest BCUT2D eigenvalue weighted by Crippen LogP contribution is 2.26. The van der Waals surface area contributed by atoms with Crippen molar-refractivity contribution < 1.29 is 0 Å². The van der Waals surface area contributed by atoms with Gasteiger partial charge in [-0.25, -0.2) is 4.98 Å². The molecule has 0 aliphatic carbocycles. The largest absolute Gasteiger partial charge is 0.347 e. The molecule has 0 radical (unpaired) electrons. The highest BCUT2D eigenvalue weighted by molar-refractivity contribution is 6.31. The van der Waals surface area contributed by atoms with Crippen LogP contribution in [-0.4, -0.2) is 51.8 Å². The van der Waals surface area contributed by atoms with E-state index in [2.05, 4.69) is 32.2 Å². The lowest BCUT2D eigenvalue weighted by Crippen LogP contribution is -2.28. The first-order valence-electron chi connectivity index (χ1n) is 6.72. The molecule has 1 atom stereocenters. The van der Waals surface area contributed by atoms with Crippen molar-refractivity contribution in [3.05, 3.63) is 35.1 Å². The van der Waals surface area contributed by atoms with Crippen LogP contribution in [0.4, 0.5) is 0 Å². The van der Waals surface area contributed by atoms with Crippen LogP contribution >= 0.6 is 11.6 Å². The van der Waals surface area contributed by atoms with Gasteiger partial charge in [-0.2, -0.15) is 5.10 Å². The second-order valence-electron chi connectivity index (χ2n) is 4.87. The number of aromatic nitrogens is 4. The van der Waals surface area contributed by atoms with Gasteiger partial charge in [0.2, 0.25) is 0 Å². The summed E-state index contributed by atoms with van der Waals surface area (Å²) in [5, 5.41) is 8.44. The highest BCUT2D eigenvalue weighted by atomic mass is 35.5. The van der Waals surface area contributed by atoms with Crippen LogP contribution in [0.1, 0.15) is 24.5 Å². The molecule has 2 aromatic heterocycles. The maximum Gasteiger partial charge on any atom is 0.129 e. The van der Waals surface area contributed by atoms with Crippen molar-refractivity contribution in [1.29, 1.82) is 0 Å². The third kappa shape index (κ3) is 3.39. The Labute approximate surface area is 124 Å². The number of imidazole rings is 1. The minimum absolute atomic E-state index is 0.0767. The first kappa shape index (κ1) is 15.0. The van der Waals surface area contributed by atoms with Gasteiger partial charge in [0.15, 0.2) is 0 Å². The summed E-state index contributed by atoms with van der Waals surface area (Å²) in [5.74, 6) is 0.848. The Bertz CT molecular complexity index is 519. The smallest absolute Gasteiger partial charge is 0.129 e. The van der Waals surface area contributed by atoms with Crippen LogP contribution < -0.4 is 5.32 Å². The third-order valence-corrected chi connectivity index (χ3v) is 3.36. The fourth-order valence-electron chi connectivity index (χ4n) is 2.09. The number of hydrogen-bond donors (Lipinski definition) is 2. The minimum Gasteiger partial charge on any atom is -0.347 e. The van der Waals surface area contributed by atoms with Crippen LogP contribution in [0, 0.1) is 0 Å². The summed E-state index contributed by atoms with van der Waals surface area (Å²) < 4.78 is 1.94. The van der Waals surface area contributed by atoms with Gasteiger partial charge in [0, 0.05) is 18.9 Å². The second kappa shape index (κ2) is 6.88. The normalized spacial score (nSPS) is 13.1. The van der Waals surface area contributed by atoms with Crippen LogP contribution in [0.3, 0.4) is 0 Å². The Hall–Kier alpha value is -1.37. The van der Waals surface area contributed by atoms with Gasteiger partial charge >= 0.3 is 0 Å². The molecule has 6 nitrogen and oxygen atoms in total. The van der Waals surface area contributed by atoms with Crippen LogP contribution in [0.25, 0.3) is 0 Å².